The van der Waals surface area contributed by atoms with Gasteiger partial charge in [0.15, 0.2) is 0 Å². The van der Waals surface area contributed by atoms with Crippen LogP contribution in [0.4, 0.5) is 0 Å². The monoisotopic (exact) mass is 342 g/mol. The zero-order valence-electron chi connectivity index (χ0n) is 12.0. The quantitative estimate of drug-likeness (QED) is 0.773. The van der Waals surface area contributed by atoms with Crippen LogP contribution in [0.15, 0.2) is 22.8 Å². The molecular formula is C15H23BrN2O2. The number of nitrogens with zero attached hydrogens (tertiary/aromatic N) is 1. The minimum absolute atomic E-state index is 0.160. The van der Waals surface area contributed by atoms with Gasteiger partial charge in [0.05, 0.1) is 13.2 Å². The summed E-state index contributed by atoms with van der Waals surface area (Å²) in [5.41, 5.74) is 1.29. The molecule has 0 aromatic carbocycles. The summed E-state index contributed by atoms with van der Waals surface area (Å²) in [6.07, 6.45) is 5.14. The Morgan fingerprint density at radius 2 is 2.40 bits per heavy atom. The van der Waals surface area contributed by atoms with Gasteiger partial charge in [0.1, 0.15) is 0 Å². The number of hydrogen-bond acceptors (Lipinski definition) is 4. The van der Waals surface area contributed by atoms with Crippen molar-refractivity contribution in [3.8, 4) is 0 Å². The molecule has 20 heavy (non-hydrogen) atoms. The summed E-state index contributed by atoms with van der Waals surface area (Å²) >= 11 is 3.43. The summed E-state index contributed by atoms with van der Waals surface area (Å²) in [5.74, 6) is 0. The number of methoxy groups -OCH3 is 1. The molecule has 1 aliphatic rings. The lowest BCUT2D eigenvalue weighted by molar-refractivity contribution is -0.00818. The van der Waals surface area contributed by atoms with E-state index in [4.69, 9.17) is 9.47 Å². The Bertz CT molecular complexity index is 391. The van der Waals surface area contributed by atoms with E-state index in [-0.39, 0.29) is 5.41 Å². The summed E-state index contributed by atoms with van der Waals surface area (Å²) < 4.78 is 11.8. The summed E-state index contributed by atoms with van der Waals surface area (Å²) in [6, 6.07) is 4.15. The smallest absolute Gasteiger partial charge is 0.0587 e. The molecule has 1 fully saturated rings. The van der Waals surface area contributed by atoms with Crippen molar-refractivity contribution in [1.29, 1.82) is 0 Å². The summed E-state index contributed by atoms with van der Waals surface area (Å²) in [5, 5.41) is 3.49. The van der Waals surface area contributed by atoms with Gasteiger partial charge in [-0.2, -0.15) is 0 Å². The molecule has 1 unspecified atom stereocenters. The van der Waals surface area contributed by atoms with Crippen LogP contribution in [0.1, 0.15) is 18.5 Å². The molecule has 1 aromatic heterocycles. The first-order valence-corrected chi connectivity index (χ1v) is 7.91. The SMILES string of the molecule is COCCNCC1(Cc2ccc(Br)cn2)CCCOC1. The van der Waals surface area contributed by atoms with Gasteiger partial charge in [0.2, 0.25) is 0 Å². The number of ether oxygens (including phenoxy) is 2. The van der Waals surface area contributed by atoms with Crippen LogP contribution in [0.25, 0.3) is 0 Å². The Morgan fingerprint density at radius 3 is 3.05 bits per heavy atom. The Morgan fingerprint density at radius 1 is 1.50 bits per heavy atom. The number of pyridine rings is 1. The van der Waals surface area contributed by atoms with Crippen molar-refractivity contribution >= 4 is 15.9 Å². The van der Waals surface area contributed by atoms with Gasteiger partial charge in [0, 0.05) is 48.6 Å². The lowest BCUT2D eigenvalue weighted by atomic mass is 9.78. The minimum Gasteiger partial charge on any atom is -0.383 e. The van der Waals surface area contributed by atoms with E-state index in [1.165, 1.54) is 6.42 Å². The Balaban J connectivity index is 1.96. The van der Waals surface area contributed by atoms with Crippen molar-refractivity contribution in [3.63, 3.8) is 0 Å². The van der Waals surface area contributed by atoms with Crippen LogP contribution in [-0.2, 0) is 15.9 Å². The van der Waals surface area contributed by atoms with Crippen molar-refractivity contribution in [2.24, 2.45) is 5.41 Å². The molecule has 1 N–H and O–H groups in total. The van der Waals surface area contributed by atoms with Crippen LogP contribution in [0.2, 0.25) is 0 Å². The first kappa shape index (κ1) is 15.9. The second-order valence-electron chi connectivity index (χ2n) is 5.47. The molecule has 0 aliphatic carbocycles. The van der Waals surface area contributed by atoms with Gasteiger partial charge in [-0.25, -0.2) is 0 Å². The van der Waals surface area contributed by atoms with Crippen LogP contribution in [0, 0.1) is 5.41 Å². The Labute approximate surface area is 129 Å². The maximum Gasteiger partial charge on any atom is 0.0587 e. The molecule has 5 heteroatoms. The maximum atomic E-state index is 5.73. The minimum atomic E-state index is 0.160. The molecule has 0 amide bonds. The predicted molar refractivity (Wildman–Crippen MR) is 82.9 cm³/mol. The average molecular weight is 343 g/mol. The highest BCUT2D eigenvalue weighted by Crippen LogP contribution is 2.31. The van der Waals surface area contributed by atoms with Crippen LogP contribution < -0.4 is 5.32 Å². The van der Waals surface area contributed by atoms with Gasteiger partial charge < -0.3 is 14.8 Å². The van der Waals surface area contributed by atoms with Crippen LogP contribution in [0.5, 0.6) is 0 Å². The largest absolute Gasteiger partial charge is 0.383 e. The van der Waals surface area contributed by atoms with Crippen LogP contribution >= 0.6 is 15.9 Å². The normalized spacial score (nSPS) is 22.9. The third-order valence-electron chi connectivity index (χ3n) is 3.73. The van der Waals surface area contributed by atoms with E-state index < -0.39 is 0 Å². The highest BCUT2D eigenvalue weighted by molar-refractivity contribution is 9.10. The van der Waals surface area contributed by atoms with E-state index >= 15 is 0 Å². The molecule has 0 bridgehead atoms. The van der Waals surface area contributed by atoms with Crippen molar-refractivity contribution < 1.29 is 9.47 Å². The van der Waals surface area contributed by atoms with E-state index in [9.17, 15) is 0 Å². The highest BCUT2D eigenvalue weighted by atomic mass is 79.9. The molecular weight excluding hydrogens is 320 g/mol. The zero-order chi connectivity index (χ0) is 14.3. The van der Waals surface area contributed by atoms with Gasteiger partial charge in [-0.15, -0.1) is 0 Å². The maximum absolute atomic E-state index is 5.73. The zero-order valence-corrected chi connectivity index (χ0v) is 13.6. The van der Waals surface area contributed by atoms with Crippen molar-refractivity contribution in [1.82, 2.24) is 10.3 Å². The summed E-state index contributed by atoms with van der Waals surface area (Å²) in [6.45, 7) is 4.27. The van der Waals surface area contributed by atoms with E-state index in [0.717, 1.165) is 55.9 Å². The second-order valence-corrected chi connectivity index (χ2v) is 6.39. The first-order valence-electron chi connectivity index (χ1n) is 7.12. The molecule has 1 aliphatic heterocycles. The third kappa shape index (κ3) is 4.81. The number of rotatable bonds is 7. The molecule has 2 rings (SSSR count). The number of hydrogen-bond donors (Lipinski definition) is 1. The molecule has 2 heterocycles. The number of halogens is 1. The van der Waals surface area contributed by atoms with Gasteiger partial charge in [0.25, 0.3) is 0 Å². The predicted octanol–water partition coefficient (Wildman–Crippen LogP) is 2.42. The lowest BCUT2D eigenvalue weighted by Crippen LogP contribution is -2.43. The lowest BCUT2D eigenvalue weighted by Gasteiger charge is -2.37. The Hall–Kier alpha value is -0.490. The molecule has 4 nitrogen and oxygen atoms in total. The van der Waals surface area contributed by atoms with E-state index in [0.29, 0.717) is 0 Å². The fraction of sp³-hybridized carbons (Fsp3) is 0.667. The molecule has 112 valence electrons. The third-order valence-corrected chi connectivity index (χ3v) is 4.20. The molecule has 1 saturated heterocycles. The molecule has 1 aromatic rings. The van der Waals surface area contributed by atoms with Gasteiger partial charge in [-0.3, -0.25) is 4.98 Å². The fourth-order valence-electron chi connectivity index (χ4n) is 2.67. The van der Waals surface area contributed by atoms with Gasteiger partial charge in [-0.05, 0) is 47.3 Å². The second kappa shape index (κ2) is 8.08. The van der Waals surface area contributed by atoms with Crippen molar-refractivity contribution in [2.75, 3.05) is 40.0 Å². The van der Waals surface area contributed by atoms with Gasteiger partial charge in [-0.1, -0.05) is 0 Å². The standard InChI is InChI=1S/C15H23BrN2O2/c1-19-8-6-17-11-15(5-2-7-20-12-15)9-14-4-3-13(16)10-18-14/h3-4,10,17H,2,5-9,11-12H2,1H3. The van der Waals surface area contributed by atoms with Crippen molar-refractivity contribution in [2.45, 2.75) is 19.3 Å². The Kier molecular flexibility index (Phi) is 6.42. The van der Waals surface area contributed by atoms with Crippen LogP contribution in [0.3, 0.4) is 0 Å². The summed E-state index contributed by atoms with van der Waals surface area (Å²) in [7, 11) is 1.73. The molecule has 0 saturated carbocycles. The van der Waals surface area contributed by atoms with Crippen molar-refractivity contribution in [3.05, 3.63) is 28.5 Å². The molecule has 1 atom stereocenters. The first-order chi connectivity index (χ1) is 9.74. The average Bonchev–Trinajstić information content (AvgIpc) is 2.47. The van der Waals surface area contributed by atoms with E-state index in [2.05, 4.69) is 38.4 Å². The highest BCUT2D eigenvalue weighted by Gasteiger charge is 2.33. The number of nitrogens with one attached hydrogen (secondary N) is 1. The number of aromatic nitrogens is 1. The topological polar surface area (TPSA) is 43.4 Å². The summed E-state index contributed by atoms with van der Waals surface area (Å²) in [4.78, 5) is 4.51. The van der Waals surface area contributed by atoms with Gasteiger partial charge >= 0.3 is 0 Å². The van der Waals surface area contributed by atoms with Crippen LogP contribution in [-0.4, -0.2) is 45.0 Å². The van der Waals surface area contributed by atoms with E-state index in [1.54, 1.807) is 7.11 Å². The fourth-order valence-corrected chi connectivity index (χ4v) is 2.91. The molecule has 0 radical (unpaired) electrons. The van der Waals surface area contributed by atoms with E-state index in [1.807, 2.05) is 6.20 Å². The molecule has 0 spiro atoms.